The van der Waals surface area contributed by atoms with Gasteiger partial charge in [-0.25, -0.2) is 4.79 Å². The molecule has 1 rings (SSSR count). The van der Waals surface area contributed by atoms with Crippen LogP contribution in [0.5, 0.6) is 5.75 Å². The molecule has 0 spiro atoms. The molecule has 1 aromatic rings. The van der Waals surface area contributed by atoms with Crippen molar-refractivity contribution in [3.8, 4) is 5.75 Å². The number of aromatic carboxylic acids is 1. The van der Waals surface area contributed by atoms with Gasteiger partial charge >= 0.3 is 11.9 Å². The largest absolute Gasteiger partial charge is 0.507 e. The van der Waals surface area contributed by atoms with Crippen molar-refractivity contribution < 1.29 is 24.9 Å². The molecule has 6 nitrogen and oxygen atoms in total. The number of rotatable bonds is 3. The van der Waals surface area contributed by atoms with E-state index in [1.54, 1.807) is 0 Å². The Kier molecular flexibility index (Phi) is 3.14. The Morgan fingerprint density at radius 3 is 2.31 bits per heavy atom. The van der Waals surface area contributed by atoms with Gasteiger partial charge in [0.15, 0.2) is 0 Å². The number of carboxylic acids is 2. The number of benzene rings is 1. The lowest BCUT2D eigenvalue weighted by Crippen LogP contribution is -2.21. The number of aliphatic carboxylic acids is 1. The number of phenols is 1. The molecule has 1 unspecified atom stereocenters. The maximum Gasteiger partial charge on any atom is 0.339 e. The summed E-state index contributed by atoms with van der Waals surface area (Å²) < 4.78 is 0. The second kappa shape index (κ2) is 4.19. The lowest BCUT2D eigenvalue weighted by molar-refractivity contribution is -0.138. The molecule has 0 aromatic heterocycles. The maximum absolute atomic E-state index is 10.7. The van der Waals surface area contributed by atoms with Crippen LogP contribution in [-0.2, 0) is 4.79 Å². The van der Waals surface area contributed by atoms with Crippen molar-refractivity contribution in [1.82, 2.24) is 0 Å². The number of hydrogen-bond donors (Lipinski definition) is 4. The van der Waals surface area contributed by atoms with Gasteiger partial charge in [-0.2, -0.15) is 0 Å². The summed E-state index contributed by atoms with van der Waals surface area (Å²) in [4.78, 5) is 21.3. The molecule has 86 valence electrons. The highest BCUT2D eigenvalue weighted by molar-refractivity contribution is 5.91. The van der Waals surface area contributed by atoms with Crippen molar-refractivity contribution in [2.75, 3.05) is 0 Å². The minimum Gasteiger partial charge on any atom is -0.507 e. The van der Waals surface area contributed by atoms with E-state index in [1.165, 1.54) is 13.0 Å². The molecule has 0 radical (unpaired) electrons. The zero-order valence-corrected chi connectivity index (χ0v) is 8.47. The van der Waals surface area contributed by atoms with Gasteiger partial charge in [0.1, 0.15) is 17.4 Å². The van der Waals surface area contributed by atoms with E-state index in [1.807, 2.05) is 0 Å². The van der Waals surface area contributed by atoms with E-state index in [9.17, 15) is 14.7 Å². The second-order valence-corrected chi connectivity index (χ2v) is 3.30. The van der Waals surface area contributed by atoms with E-state index < -0.39 is 23.7 Å². The fraction of sp³-hybridized carbons (Fsp3) is 0.200. The Hall–Kier alpha value is -2.08. The summed E-state index contributed by atoms with van der Waals surface area (Å²) in [5.41, 5.74) is 5.45. The van der Waals surface area contributed by atoms with Gasteiger partial charge in [-0.1, -0.05) is 6.07 Å². The minimum absolute atomic E-state index is 0.162. The lowest BCUT2D eigenvalue weighted by Gasteiger charge is -2.12. The highest BCUT2D eigenvalue weighted by Crippen LogP contribution is 2.28. The molecule has 0 saturated heterocycles. The van der Waals surface area contributed by atoms with E-state index in [-0.39, 0.29) is 16.7 Å². The van der Waals surface area contributed by atoms with Crippen LogP contribution in [0.2, 0.25) is 0 Å². The van der Waals surface area contributed by atoms with Crippen LogP contribution in [0, 0.1) is 6.92 Å². The van der Waals surface area contributed by atoms with E-state index >= 15 is 0 Å². The number of nitrogens with two attached hydrogens (primary N) is 1. The van der Waals surface area contributed by atoms with Crippen LogP contribution >= 0.6 is 0 Å². The molecule has 1 atom stereocenters. The smallest absolute Gasteiger partial charge is 0.339 e. The first-order valence-electron chi connectivity index (χ1n) is 4.40. The van der Waals surface area contributed by atoms with Gasteiger partial charge in [-0.3, -0.25) is 4.79 Å². The summed E-state index contributed by atoms with van der Waals surface area (Å²) in [5, 5.41) is 27.0. The number of carbonyl (C=O) groups is 2. The molecule has 1 aromatic carbocycles. The highest BCUT2D eigenvalue weighted by Gasteiger charge is 2.21. The fourth-order valence-electron chi connectivity index (χ4n) is 1.36. The Morgan fingerprint density at radius 2 is 1.88 bits per heavy atom. The molecule has 16 heavy (non-hydrogen) atoms. The molecule has 0 saturated carbocycles. The Labute approximate surface area is 90.9 Å². The van der Waals surface area contributed by atoms with Crippen LogP contribution in [0.15, 0.2) is 12.1 Å². The van der Waals surface area contributed by atoms with Crippen LogP contribution in [-0.4, -0.2) is 27.3 Å². The average molecular weight is 225 g/mol. The van der Waals surface area contributed by atoms with Crippen LogP contribution in [0.3, 0.4) is 0 Å². The molecule has 0 heterocycles. The summed E-state index contributed by atoms with van der Waals surface area (Å²) in [6, 6.07) is 1.13. The van der Waals surface area contributed by atoms with Gasteiger partial charge < -0.3 is 21.1 Å². The van der Waals surface area contributed by atoms with E-state index in [0.29, 0.717) is 0 Å². The lowest BCUT2D eigenvalue weighted by atomic mass is 9.98. The highest BCUT2D eigenvalue weighted by atomic mass is 16.4. The SMILES string of the molecule is Cc1c(C(N)C(=O)O)ccc(C(=O)O)c1O. The van der Waals surface area contributed by atoms with Crippen molar-refractivity contribution in [3.05, 3.63) is 28.8 Å². The van der Waals surface area contributed by atoms with Crippen molar-refractivity contribution >= 4 is 11.9 Å². The van der Waals surface area contributed by atoms with Crippen molar-refractivity contribution in [2.24, 2.45) is 5.73 Å². The molecule has 6 heteroatoms. The van der Waals surface area contributed by atoms with Gasteiger partial charge in [0.25, 0.3) is 0 Å². The van der Waals surface area contributed by atoms with Gasteiger partial charge in [0, 0.05) is 0 Å². The molecule has 5 N–H and O–H groups in total. The van der Waals surface area contributed by atoms with E-state index in [0.717, 1.165) is 6.07 Å². The number of hydrogen-bond acceptors (Lipinski definition) is 4. The number of carboxylic acid groups (broad SMARTS) is 2. The van der Waals surface area contributed by atoms with Crippen molar-refractivity contribution in [1.29, 1.82) is 0 Å². The van der Waals surface area contributed by atoms with Crippen molar-refractivity contribution in [2.45, 2.75) is 13.0 Å². The predicted octanol–water partition coefficient (Wildman–Crippen LogP) is 0.483. The van der Waals surface area contributed by atoms with Gasteiger partial charge in [0.05, 0.1) is 0 Å². The molecule has 0 amide bonds. The Morgan fingerprint density at radius 1 is 1.31 bits per heavy atom. The fourth-order valence-corrected chi connectivity index (χ4v) is 1.36. The maximum atomic E-state index is 10.7. The summed E-state index contributed by atoms with van der Waals surface area (Å²) in [6.45, 7) is 1.42. The third kappa shape index (κ3) is 1.96. The second-order valence-electron chi connectivity index (χ2n) is 3.30. The Balaban J connectivity index is 3.32. The topological polar surface area (TPSA) is 121 Å². The third-order valence-electron chi connectivity index (χ3n) is 2.30. The summed E-state index contributed by atoms with van der Waals surface area (Å²) in [7, 11) is 0. The minimum atomic E-state index is -1.28. The van der Waals surface area contributed by atoms with Crippen LogP contribution in [0.1, 0.15) is 27.5 Å². The molecule has 0 aliphatic carbocycles. The molecule has 0 bridgehead atoms. The van der Waals surface area contributed by atoms with E-state index in [4.69, 9.17) is 15.9 Å². The summed E-state index contributed by atoms with van der Waals surface area (Å²) >= 11 is 0. The predicted molar refractivity (Wildman–Crippen MR) is 54.4 cm³/mol. The molecule has 0 aliphatic rings. The van der Waals surface area contributed by atoms with Crippen LogP contribution in [0.4, 0.5) is 0 Å². The summed E-state index contributed by atoms with van der Waals surface area (Å²) in [5.74, 6) is -2.98. The average Bonchev–Trinajstić information content (AvgIpc) is 2.20. The molecular weight excluding hydrogens is 214 g/mol. The van der Waals surface area contributed by atoms with Crippen LogP contribution < -0.4 is 5.73 Å². The van der Waals surface area contributed by atoms with E-state index in [2.05, 4.69) is 0 Å². The molecule has 0 aliphatic heterocycles. The standard InChI is InChI=1S/C10H11NO5/c1-4-5(7(11)10(15)16)2-3-6(8(4)12)9(13)14/h2-3,7,12H,11H2,1H3,(H,13,14)(H,15,16). The quantitative estimate of drug-likeness (QED) is 0.593. The van der Waals surface area contributed by atoms with Crippen molar-refractivity contribution in [3.63, 3.8) is 0 Å². The first kappa shape index (κ1) is 12.0. The van der Waals surface area contributed by atoms with Gasteiger partial charge in [-0.05, 0) is 24.1 Å². The van der Waals surface area contributed by atoms with Crippen LogP contribution in [0.25, 0.3) is 0 Å². The van der Waals surface area contributed by atoms with Gasteiger partial charge in [-0.15, -0.1) is 0 Å². The monoisotopic (exact) mass is 225 g/mol. The Bertz CT molecular complexity index is 455. The molecule has 0 fully saturated rings. The third-order valence-corrected chi connectivity index (χ3v) is 2.30. The number of aromatic hydroxyl groups is 1. The normalized spacial score (nSPS) is 12.1. The first-order chi connectivity index (χ1) is 7.36. The first-order valence-corrected chi connectivity index (χ1v) is 4.40. The zero-order valence-electron chi connectivity index (χ0n) is 8.47. The zero-order chi connectivity index (χ0) is 12.5. The summed E-state index contributed by atoms with van der Waals surface area (Å²) in [6.07, 6.45) is 0. The molecular formula is C10H11NO5. The van der Waals surface area contributed by atoms with Gasteiger partial charge in [0.2, 0.25) is 0 Å².